The topological polar surface area (TPSA) is 86.1 Å². The van der Waals surface area contributed by atoms with E-state index in [4.69, 9.17) is 10.6 Å². The van der Waals surface area contributed by atoms with Gasteiger partial charge in [0.2, 0.25) is 0 Å². The summed E-state index contributed by atoms with van der Waals surface area (Å²) in [5, 5.41) is 10.7. The highest BCUT2D eigenvalue weighted by atomic mass is 16.4. The molecule has 0 aliphatic carbocycles. The van der Waals surface area contributed by atoms with Crippen molar-refractivity contribution in [2.24, 2.45) is 5.11 Å². The number of carboxylic acid groups (broad SMARTS) is 1. The fourth-order valence-electron chi connectivity index (χ4n) is 0.127. The second-order valence-electron chi connectivity index (χ2n) is 0.859. The molecule has 0 spiro atoms. The molecular weight excluding hydrogens is 110 g/mol. The highest BCUT2D eigenvalue weighted by Crippen LogP contribution is 1.73. The molecule has 1 N–H and O–H groups in total. The molecule has 8 heavy (non-hydrogen) atoms. The molecule has 0 heterocycles. The smallest absolute Gasteiger partial charge is 0.328 e. The van der Waals surface area contributed by atoms with Crippen LogP contribution in [0.2, 0.25) is 0 Å². The Bertz CT molecular complexity index is 152. The van der Waals surface area contributed by atoms with Gasteiger partial charge in [-0.05, 0) is 5.53 Å². The highest BCUT2D eigenvalue weighted by molar-refractivity contribution is 5.79. The molecule has 0 aliphatic heterocycles. The Labute approximate surface area is 44.9 Å². The summed E-state index contributed by atoms with van der Waals surface area (Å²) in [7, 11) is 0. The number of carbonyl (C=O) groups is 1. The predicted octanol–water partition coefficient (Wildman–Crippen LogP) is 0.895. The van der Waals surface area contributed by atoms with Gasteiger partial charge >= 0.3 is 5.97 Å². The van der Waals surface area contributed by atoms with E-state index in [0.29, 0.717) is 0 Å². The number of carboxylic acids is 1. The summed E-state index contributed by atoms with van der Waals surface area (Å²) in [4.78, 5) is 11.9. The Morgan fingerprint density at radius 2 is 2.50 bits per heavy atom. The lowest BCUT2D eigenvalue weighted by molar-refractivity contribution is -0.131. The van der Waals surface area contributed by atoms with Crippen LogP contribution >= 0.6 is 0 Å². The second-order valence-corrected chi connectivity index (χ2v) is 0.859. The van der Waals surface area contributed by atoms with Crippen LogP contribution < -0.4 is 0 Å². The molecule has 5 nitrogen and oxygen atoms in total. The minimum absolute atomic E-state index is 0.750. The van der Waals surface area contributed by atoms with E-state index in [2.05, 4.69) is 10.0 Å². The molecule has 0 rings (SSSR count). The number of azide groups is 1. The number of aliphatic carboxylic acids is 1. The minimum Gasteiger partial charge on any atom is -0.478 e. The van der Waals surface area contributed by atoms with Crippen LogP contribution in [0.15, 0.2) is 17.4 Å². The van der Waals surface area contributed by atoms with Crippen LogP contribution in [0.5, 0.6) is 0 Å². The summed E-state index contributed by atoms with van der Waals surface area (Å²) in [6, 6.07) is 0. The quantitative estimate of drug-likeness (QED) is 0.249. The summed E-state index contributed by atoms with van der Waals surface area (Å²) in [6.07, 6.45) is 1.61. The standard InChI is InChI=1S/C3H3N3O2/c4-6-5-2-1-3(7)8/h1-2H,(H,7,8)/b2-1+. The molecule has 0 bridgehead atoms. The molecule has 0 atom stereocenters. The Morgan fingerprint density at radius 3 is 2.88 bits per heavy atom. The van der Waals surface area contributed by atoms with Crippen LogP contribution in [0.25, 0.3) is 10.4 Å². The lowest BCUT2D eigenvalue weighted by atomic mass is 10.6. The first-order valence-corrected chi connectivity index (χ1v) is 1.71. The number of nitrogens with zero attached hydrogens (tertiary/aromatic N) is 3. The molecule has 0 aromatic heterocycles. The van der Waals surface area contributed by atoms with Crippen molar-refractivity contribution in [3.63, 3.8) is 0 Å². The lowest BCUT2D eigenvalue weighted by Crippen LogP contribution is -1.83. The molecule has 0 fully saturated rings. The van der Waals surface area contributed by atoms with Gasteiger partial charge in [0.05, 0.1) is 0 Å². The van der Waals surface area contributed by atoms with Crippen molar-refractivity contribution in [3.8, 4) is 0 Å². The van der Waals surface area contributed by atoms with E-state index in [1.165, 1.54) is 0 Å². The minimum atomic E-state index is -1.13. The van der Waals surface area contributed by atoms with Crippen molar-refractivity contribution in [1.82, 2.24) is 0 Å². The summed E-state index contributed by atoms with van der Waals surface area (Å²) in [6.45, 7) is 0. The third-order valence-electron chi connectivity index (χ3n) is 0.335. The first-order valence-electron chi connectivity index (χ1n) is 1.71. The maximum Gasteiger partial charge on any atom is 0.328 e. The lowest BCUT2D eigenvalue weighted by Gasteiger charge is -1.69. The van der Waals surface area contributed by atoms with E-state index >= 15 is 0 Å². The first kappa shape index (κ1) is 6.52. The Kier molecular flexibility index (Phi) is 3.02. The first-order chi connectivity index (χ1) is 3.77. The van der Waals surface area contributed by atoms with Gasteiger partial charge in [-0.2, -0.15) is 0 Å². The zero-order valence-corrected chi connectivity index (χ0v) is 3.85. The Balaban J connectivity index is 3.67. The van der Waals surface area contributed by atoms with Gasteiger partial charge in [0, 0.05) is 17.2 Å². The third-order valence-corrected chi connectivity index (χ3v) is 0.335. The van der Waals surface area contributed by atoms with Crippen molar-refractivity contribution < 1.29 is 9.90 Å². The second kappa shape index (κ2) is 3.70. The molecule has 0 aromatic carbocycles. The van der Waals surface area contributed by atoms with Crippen molar-refractivity contribution in [3.05, 3.63) is 22.7 Å². The van der Waals surface area contributed by atoms with E-state index in [-0.39, 0.29) is 0 Å². The predicted molar refractivity (Wildman–Crippen MR) is 25.9 cm³/mol. The van der Waals surface area contributed by atoms with Crippen molar-refractivity contribution in [2.45, 2.75) is 0 Å². The molecule has 0 amide bonds. The summed E-state index contributed by atoms with van der Waals surface area (Å²) < 4.78 is 0. The summed E-state index contributed by atoms with van der Waals surface area (Å²) in [5.74, 6) is -1.13. The molecule has 0 saturated heterocycles. The van der Waals surface area contributed by atoms with Gasteiger partial charge in [-0.15, -0.1) is 0 Å². The monoisotopic (exact) mass is 113 g/mol. The molecule has 0 radical (unpaired) electrons. The normalized spacial score (nSPS) is 8.50. The maximum absolute atomic E-state index is 9.60. The zero-order valence-electron chi connectivity index (χ0n) is 3.85. The van der Waals surface area contributed by atoms with E-state index < -0.39 is 5.97 Å². The molecular formula is C3H3N3O2. The molecule has 42 valence electrons. The molecule has 0 saturated carbocycles. The SMILES string of the molecule is [N-]=[N+]=N/C=C/C(=O)O. The highest BCUT2D eigenvalue weighted by Gasteiger charge is 1.78. The van der Waals surface area contributed by atoms with Gasteiger partial charge in [0.15, 0.2) is 0 Å². The average molecular weight is 113 g/mol. The van der Waals surface area contributed by atoms with E-state index in [1.807, 2.05) is 0 Å². The van der Waals surface area contributed by atoms with Crippen LogP contribution in [0.1, 0.15) is 0 Å². The zero-order chi connectivity index (χ0) is 6.41. The molecule has 5 heteroatoms. The van der Waals surface area contributed by atoms with Crippen LogP contribution in [-0.2, 0) is 4.79 Å². The van der Waals surface area contributed by atoms with Crippen molar-refractivity contribution >= 4 is 5.97 Å². The number of hydrogen-bond donors (Lipinski definition) is 1. The van der Waals surface area contributed by atoms with E-state index in [0.717, 1.165) is 12.3 Å². The van der Waals surface area contributed by atoms with Gasteiger partial charge in [0.25, 0.3) is 0 Å². The summed E-state index contributed by atoms with van der Waals surface area (Å²) >= 11 is 0. The maximum atomic E-state index is 9.60. The van der Waals surface area contributed by atoms with Crippen LogP contribution in [0.4, 0.5) is 0 Å². The van der Waals surface area contributed by atoms with E-state index in [1.54, 1.807) is 0 Å². The van der Waals surface area contributed by atoms with Gasteiger partial charge in [-0.3, -0.25) is 0 Å². The fraction of sp³-hybridized carbons (Fsp3) is 0. The third kappa shape index (κ3) is 4.52. The molecule has 0 aliphatic rings. The molecule has 0 unspecified atom stereocenters. The van der Waals surface area contributed by atoms with Gasteiger partial charge in [0.1, 0.15) is 0 Å². The summed E-state index contributed by atoms with van der Waals surface area (Å²) in [5.41, 5.74) is 7.59. The van der Waals surface area contributed by atoms with Crippen LogP contribution in [0.3, 0.4) is 0 Å². The van der Waals surface area contributed by atoms with E-state index in [9.17, 15) is 4.79 Å². The number of hydrogen-bond acceptors (Lipinski definition) is 2. The van der Waals surface area contributed by atoms with Crippen molar-refractivity contribution in [2.75, 3.05) is 0 Å². The Morgan fingerprint density at radius 1 is 1.88 bits per heavy atom. The van der Waals surface area contributed by atoms with Crippen LogP contribution in [-0.4, -0.2) is 11.1 Å². The largest absolute Gasteiger partial charge is 0.478 e. The van der Waals surface area contributed by atoms with Crippen LogP contribution in [0, 0.1) is 0 Å². The van der Waals surface area contributed by atoms with Gasteiger partial charge in [-0.1, -0.05) is 5.11 Å². The number of rotatable bonds is 2. The van der Waals surface area contributed by atoms with Gasteiger partial charge in [-0.25, -0.2) is 4.79 Å². The average Bonchev–Trinajstić information content (AvgIpc) is 1.66. The van der Waals surface area contributed by atoms with Gasteiger partial charge < -0.3 is 5.11 Å². The van der Waals surface area contributed by atoms with Crippen molar-refractivity contribution in [1.29, 1.82) is 0 Å². The Hall–Kier alpha value is -1.48. The fourth-order valence-corrected chi connectivity index (χ4v) is 0.127. The molecule has 0 aromatic rings.